The number of carbonyl (C=O) groups is 1. The van der Waals surface area contributed by atoms with Crippen LogP contribution >= 0.6 is 11.3 Å². The molecular weight excluding hydrogens is 460 g/mol. The van der Waals surface area contributed by atoms with Gasteiger partial charge in [0.2, 0.25) is 5.82 Å². The molecule has 1 saturated heterocycles. The maximum Gasteiger partial charge on any atom is 0.416 e. The predicted octanol–water partition coefficient (Wildman–Crippen LogP) is 5.28. The van der Waals surface area contributed by atoms with Gasteiger partial charge in [-0.05, 0) is 42.7 Å². The lowest BCUT2D eigenvalue weighted by molar-refractivity contribution is -0.138. The highest BCUT2D eigenvalue weighted by molar-refractivity contribution is 7.12. The molecule has 1 fully saturated rings. The maximum atomic E-state index is 15.3. The van der Waals surface area contributed by atoms with Gasteiger partial charge in [-0.15, -0.1) is 11.3 Å². The maximum absolute atomic E-state index is 15.3. The van der Waals surface area contributed by atoms with Gasteiger partial charge in [-0.1, -0.05) is 12.1 Å². The number of carboxylic acids is 1. The van der Waals surface area contributed by atoms with Gasteiger partial charge in [0.25, 0.3) is 0 Å². The van der Waals surface area contributed by atoms with Crippen LogP contribution in [-0.2, 0) is 23.9 Å². The van der Waals surface area contributed by atoms with E-state index in [2.05, 4.69) is 15.3 Å². The average molecular weight is 480 g/mol. The summed E-state index contributed by atoms with van der Waals surface area (Å²) in [5.41, 5.74) is -0.0619. The Bertz CT molecular complexity index is 1130. The number of hydrogen-bond acceptors (Lipinski definition) is 6. The standard InChI is InChI=1S/C22H20F4N4O2S/c23-19-20(27-11-16-8-7-15(33-16)10-18(31)32)28-12-29-21(19)30-9-1-2-17(30)13-3-5-14(6-4-13)22(24,25)26/h3-8,12,17H,1-2,9-11H2,(H,31,32)(H,27,28,29). The van der Waals surface area contributed by atoms with E-state index < -0.39 is 23.5 Å². The second-order valence-corrected chi connectivity index (χ2v) is 8.88. The zero-order valence-corrected chi connectivity index (χ0v) is 18.1. The van der Waals surface area contributed by atoms with Gasteiger partial charge in [-0.25, -0.2) is 9.97 Å². The van der Waals surface area contributed by atoms with Crippen LogP contribution in [0.4, 0.5) is 29.2 Å². The summed E-state index contributed by atoms with van der Waals surface area (Å²) in [6.07, 6.45) is -1.83. The van der Waals surface area contributed by atoms with E-state index in [1.807, 2.05) is 0 Å². The Kier molecular flexibility index (Phi) is 6.50. The molecule has 2 N–H and O–H groups in total. The summed E-state index contributed by atoms with van der Waals surface area (Å²) in [7, 11) is 0. The molecule has 0 radical (unpaired) electrons. The van der Waals surface area contributed by atoms with E-state index in [-0.39, 0.29) is 30.6 Å². The number of halogens is 4. The molecule has 2 aromatic heterocycles. The highest BCUT2D eigenvalue weighted by Crippen LogP contribution is 2.38. The molecule has 0 amide bonds. The molecule has 11 heteroatoms. The second-order valence-electron chi connectivity index (χ2n) is 7.62. The van der Waals surface area contributed by atoms with Crippen molar-refractivity contribution in [2.75, 3.05) is 16.8 Å². The molecular formula is C22H20F4N4O2S. The number of alkyl halides is 3. The van der Waals surface area contributed by atoms with Gasteiger partial charge in [0.15, 0.2) is 11.6 Å². The molecule has 3 heterocycles. The number of aromatic nitrogens is 2. The van der Waals surface area contributed by atoms with Crippen molar-refractivity contribution in [3.8, 4) is 0 Å². The van der Waals surface area contributed by atoms with Crippen molar-refractivity contribution in [1.29, 1.82) is 0 Å². The lowest BCUT2D eigenvalue weighted by Gasteiger charge is -2.27. The molecule has 174 valence electrons. The number of anilines is 2. The van der Waals surface area contributed by atoms with E-state index in [9.17, 15) is 18.0 Å². The molecule has 1 atom stereocenters. The van der Waals surface area contributed by atoms with Crippen molar-refractivity contribution < 1.29 is 27.5 Å². The number of carboxylic acid groups (broad SMARTS) is 1. The van der Waals surface area contributed by atoms with Gasteiger partial charge in [0.05, 0.1) is 24.6 Å². The fourth-order valence-corrected chi connectivity index (χ4v) is 4.83. The van der Waals surface area contributed by atoms with Gasteiger partial charge < -0.3 is 15.3 Å². The Labute approximate surface area is 190 Å². The summed E-state index contributed by atoms with van der Waals surface area (Å²) in [6, 6.07) is 8.13. The largest absolute Gasteiger partial charge is 0.481 e. The van der Waals surface area contributed by atoms with Gasteiger partial charge in [0, 0.05) is 16.3 Å². The molecule has 3 aromatic rings. The first-order chi connectivity index (χ1) is 15.7. The molecule has 1 aromatic carbocycles. The van der Waals surface area contributed by atoms with Crippen LogP contribution < -0.4 is 10.2 Å². The second kappa shape index (κ2) is 9.34. The van der Waals surface area contributed by atoms with E-state index in [0.717, 1.165) is 23.4 Å². The van der Waals surface area contributed by atoms with Crippen LogP contribution in [0.15, 0.2) is 42.7 Å². The van der Waals surface area contributed by atoms with Crippen LogP contribution in [0, 0.1) is 5.82 Å². The fraction of sp³-hybridized carbons (Fsp3) is 0.318. The van der Waals surface area contributed by atoms with Crippen LogP contribution in [0.5, 0.6) is 0 Å². The molecule has 1 unspecified atom stereocenters. The van der Waals surface area contributed by atoms with Crippen molar-refractivity contribution in [1.82, 2.24) is 9.97 Å². The minimum Gasteiger partial charge on any atom is -0.481 e. The highest BCUT2D eigenvalue weighted by atomic mass is 32.1. The Hall–Kier alpha value is -3.21. The van der Waals surface area contributed by atoms with Crippen LogP contribution in [0.25, 0.3) is 0 Å². The summed E-state index contributed by atoms with van der Waals surface area (Å²) >= 11 is 1.32. The van der Waals surface area contributed by atoms with E-state index in [4.69, 9.17) is 5.11 Å². The Morgan fingerprint density at radius 2 is 1.88 bits per heavy atom. The lowest BCUT2D eigenvalue weighted by Crippen LogP contribution is -2.25. The zero-order chi connectivity index (χ0) is 23.6. The monoisotopic (exact) mass is 480 g/mol. The van der Waals surface area contributed by atoms with Crippen LogP contribution in [0.3, 0.4) is 0 Å². The van der Waals surface area contributed by atoms with Crippen molar-refractivity contribution in [2.24, 2.45) is 0 Å². The summed E-state index contributed by atoms with van der Waals surface area (Å²) in [5.74, 6) is -1.46. The van der Waals surface area contributed by atoms with E-state index in [1.54, 1.807) is 17.0 Å². The molecule has 0 bridgehead atoms. The first kappa shape index (κ1) is 23.0. The van der Waals surface area contributed by atoms with Crippen molar-refractivity contribution in [2.45, 2.75) is 38.0 Å². The van der Waals surface area contributed by atoms with Crippen LogP contribution in [0.1, 0.15) is 39.8 Å². The fourth-order valence-electron chi connectivity index (χ4n) is 3.88. The summed E-state index contributed by atoms with van der Waals surface area (Å²) in [6.45, 7) is 0.780. The van der Waals surface area contributed by atoms with Crippen LogP contribution in [-0.4, -0.2) is 27.6 Å². The predicted molar refractivity (Wildman–Crippen MR) is 116 cm³/mol. The molecule has 33 heavy (non-hydrogen) atoms. The van der Waals surface area contributed by atoms with Gasteiger partial charge >= 0.3 is 12.1 Å². The smallest absolute Gasteiger partial charge is 0.416 e. The Morgan fingerprint density at radius 3 is 2.58 bits per heavy atom. The van der Waals surface area contributed by atoms with E-state index in [1.165, 1.54) is 29.8 Å². The topological polar surface area (TPSA) is 78.3 Å². The van der Waals surface area contributed by atoms with Gasteiger partial charge in [-0.2, -0.15) is 17.6 Å². The molecule has 1 aliphatic heterocycles. The highest BCUT2D eigenvalue weighted by Gasteiger charge is 2.33. The zero-order valence-electron chi connectivity index (χ0n) is 17.3. The molecule has 0 aliphatic carbocycles. The number of nitrogens with one attached hydrogen (secondary N) is 1. The van der Waals surface area contributed by atoms with Crippen molar-refractivity contribution >= 4 is 28.9 Å². The third-order valence-electron chi connectivity index (χ3n) is 5.39. The summed E-state index contributed by atoms with van der Waals surface area (Å²) < 4.78 is 53.9. The molecule has 1 aliphatic rings. The minimum absolute atomic E-state index is 0.00579. The first-order valence-corrected chi connectivity index (χ1v) is 11.0. The SMILES string of the molecule is O=C(O)Cc1ccc(CNc2ncnc(N3CCCC3c3ccc(C(F)(F)F)cc3)c2F)s1. The summed E-state index contributed by atoms with van der Waals surface area (Å²) in [4.78, 5) is 22.2. The average Bonchev–Trinajstić information content (AvgIpc) is 3.42. The number of benzene rings is 1. The number of rotatable bonds is 7. The normalized spacial score (nSPS) is 16.2. The van der Waals surface area contributed by atoms with Gasteiger partial charge in [-0.3, -0.25) is 4.79 Å². The van der Waals surface area contributed by atoms with E-state index in [0.29, 0.717) is 23.4 Å². The number of thiophene rings is 1. The lowest BCUT2D eigenvalue weighted by atomic mass is 10.0. The van der Waals surface area contributed by atoms with E-state index >= 15 is 4.39 Å². The molecule has 0 spiro atoms. The molecule has 4 rings (SSSR count). The Morgan fingerprint density at radius 1 is 1.15 bits per heavy atom. The third-order valence-corrected chi connectivity index (χ3v) is 6.48. The number of nitrogens with zero attached hydrogens (tertiary/aromatic N) is 3. The molecule has 0 saturated carbocycles. The van der Waals surface area contributed by atoms with Crippen LogP contribution in [0.2, 0.25) is 0 Å². The number of hydrogen-bond donors (Lipinski definition) is 2. The third kappa shape index (κ3) is 5.24. The molecule has 6 nitrogen and oxygen atoms in total. The number of aliphatic carboxylic acids is 1. The minimum atomic E-state index is -4.41. The van der Waals surface area contributed by atoms with Crippen molar-refractivity contribution in [3.63, 3.8) is 0 Å². The quantitative estimate of drug-likeness (QED) is 0.448. The summed E-state index contributed by atoms with van der Waals surface area (Å²) in [5, 5.41) is 11.8. The first-order valence-electron chi connectivity index (χ1n) is 10.2. The van der Waals surface area contributed by atoms with Crippen molar-refractivity contribution in [3.05, 3.63) is 69.4 Å². The van der Waals surface area contributed by atoms with Gasteiger partial charge in [0.1, 0.15) is 6.33 Å². The Balaban J connectivity index is 1.50.